The number of amides is 1. The average molecular weight is 272 g/mol. The Labute approximate surface area is 118 Å². The fourth-order valence-corrected chi connectivity index (χ4v) is 2.27. The van der Waals surface area contributed by atoms with Gasteiger partial charge in [0.1, 0.15) is 0 Å². The summed E-state index contributed by atoms with van der Waals surface area (Å²) in [5.74, 6) is -0.0335. The third-order valence-corrected chi connectivity index (χ3v) is 3.25. The van der Waals surface area contributed by atoms with Gasteiger partial charge >= 0.3 is 0 Å². The van der Waals surface area contributed by atoms with Crippen molar-refractivity contribution in [2.75, 3.05) is 20.3 Å². The second-order valence-electron chi connectivity index (χ2n) is 4.77. The van der Waals surface area contributed by atoms with Crippen molar-refractivity contribution in [3.05, 3.63) is 48.0 Å². The second-order valence-corrected chi connectivity index (χ2v) is 4.77. The lowest BCUT2D eigenvalue weighted by atomic mass is 10.0. The van der Waals surface area contributed by atoms with Crippen molar-refractivity contribution >= 4 is 16.7 Å². The molecule has 0 saturated heterocycles. The molecule has 1 amide bonds. The van der Waals surface area contributed by atoms with Crippen LogP contribution in [0.15, 0.2) is 42.5 Å². The summed E-state index contributed by atoms with van der Waals surface area (Å²) < 4.78 is 5.02. The largest absolute Gasteiger partial charge is 0.383 e. The summed E-state index contributed by atoms with van der Waals surface area (Å²) in [4.78, 5) is 12.1. The van der Waals surface area contributed by atoms with Gasteiger partial charge in [0.2, 0.25) is 5.91 Å². The lowest BCUT2D eigenvalue weighted by Gasteiger charge is -2.16. The lowest BCUT2D eigenvalue weighted by Crippen LogP contribution is -2.43. The molecule has 2 aromatic rings. The summed E-state index contributed by atoms with van der Waals surface area (Å²) in [6.45, 7) is 0.799. The minimum Gasteiger partial charge on any atom is -0.383 e. The zero-order chi connectivity index (χ0) is 14.4. The SMILES string of the molecule is COCC(CN)NC(=O)Cc1cccc2ccccc12. The number of carbonyl (C=O) groups is 1. The zero-order valence-electron chi connectivity index (χ0n) is 11.6. The molecule has 0 fully saturated rings. The van der Waals surface area contributed by atoms with E-state index in [0.29, 0.717) is 19.6 Å². The average Bonchev–Trinajstić information content (AvgIpc) is 2.47. The molecule has 0 aliphatic carbocycles. The Morgan fingerprint density at radius 1 is 1.25 bits per heavy atom. The van der Waals surface area contributed by atoms with E-state index in [1.807, 2.05) is 42.5 Å². The van der Waals surface area contributed by atoms with Crippen molar-refractivity contribution in [2.24, 2.45) is 5.73 Å². The van der Waals surface area contributed by atoms with Crippen LogP contribution in [0.5, 0.6) is 0 Å². The maximum atomic E-state index is 12.1. The maximum Gasteiger partial charge on any atom is 0.224 e. The van der Waals surface area contributed by atoms with Crippen molar-refractivity contribution in [3.8, 4) is 0 Å². The van der Waals surface area contributed by atoms with Gasteiger partial charge in [0.25, 0.3) is 0 Å². The second kappa shape index (κ2) is 7.03. The van der Waals surface area contributed by atoms with E-state index in [1.165, 1.54) is 0 Å². The monoisotopic (exact) mass is 272 g/mol. The highest BCUT2D eigenvalue weighted by atomic mass is 16.5. The molecule has 0 radical (unpaired) electrons. The van der Waals surface area contributed by atoms with Gasteiger partial charge in [-0.1, -0.05) is 42.5 Å². The molecular formula is C16H20N2O2. The van der Waals surface area contributed by atoms with E-state index in [4.69, 9.17) is 10.5 Å². The summed E-state index contributed by atoms with van der Waals surface area (Å²) in [5.41, 5.74) is 6.62. The number of methoxy groups -OCH3 is 1. The number of nitrogens with one attached hydrogen (secondary N) is 1. The standard InChI is InChI=1S/C16H20N2O2/c1-20-11-14(10-17)18-16(19)9-13-7-4-6-12-5-2-3-8-15(12)13/h2-8,14H,9-11,17H2,1H3,(H,18,19). The fourth-order valence-electron chi connectivity index (χ4n) is 2.27. The quantitative estimate of drug-likeness (QED) is 0.837. The molecule has 20 heavy (non-hydrogen) atoms. The molecule has 0 saturated carbocycles. The number of hydrogen-bond donors (Lipinski definition) is 2. The molecule has 0 spiro atoms. The summed E-state index contributed by atoms with van der Waals surface area (Å²) in [6.07, 6.45) is 0.349. The predicted molar refractivity (Wildman–Crippen MR) is 80.5 cm³/mol. The van der Waals surface area contributed by atoms with Crippen molar-refractivity contribution in [3.63, 3.8) is 0 Å². The highest BCUT2D eigenvalue weighted by Crippen LogP contribution is 2.18. The third kappa shape index (κ3) is 3.56. The number of nitrogens with two attached hydrogens (primary N) is 1. The first kappa shape index (κ1) is 14.5. The van der Waals surface area contributed by atoms with E-state index >= 15 is 0 Å². The highest BCUT2D eigenvalue weighted by Gasteiger charge is 2.12. The first-order chi connectivity index (χ1) is 9.74. The van der Waals surface area contributed by atoms with Crippen LogP contribution in [0.25, 0.3) is 10.8 Å². The molecule has 3 N–H and O–H groups in total. The van der Waals surface area contributed by atoms with Crippen molar-refractivity contribution in [1.29, 1.82) is 0 Å². The van der Waals surface area contributed by atoms with E-state index in [9.17, 15) is 4.79 Å². The minimum atomic E-state index is -0.137. The Hall–Kier alpha value is -1.91. The van der Waals surface area contributed by atoms with Gasteiger partial charge in [-0.3, -0.25) is 4.79 Å². The Balaban J connectivity index is 2.10. The van der Waals surface area contributed by atoms with Crippen LogP contribution in [0.4, 0.5) is 0 Å². The van der Waals surface area contributed by atoms with E-state index in [-0.39, 0.29) is 11.9 Å². The summed E-state index contributed by atoms with van der Waals surface area (Å²) in [6, 6.07) is 13.9. The Morgan fingerprint density at radius 2 is 2.00 bits per heavy atom. The van der Waals surface area contributed by atoms with Gasteiger partial charge in [-0.05, 0) is 16.3 Å². The molecule has 2 aromatic carbocycles. The van der Waals surface area contributed by atoms with Crippen LogP contribution < -0.4 is 11.1 Å². The van der Waals surface area contributed by atoms with Gasteiger partial charge in [-0.25, -0.2) is 0 Å². The minimum absolute atomic E-state index is 0.0335. The van der Waals surface area contributed by atoms with Crippen LogP contribution in [0.2, 0.25) is 0 Å². The molecule has 4 nitrogen and oxygen atoms in total. The van der Waals surface area contributed by atoms with Crippen LogP contribution in [-0.2, 0) is 16.0 Å². The number of hydrogen-bond acceptors (Lipinski definition) is 3. The van der Waals surface area contributed by atoms with Gasteiger partial charge < -0.3 is 15.8 Å². The highest BCUT2D eigenvalue weighted by molar-refractivity contribution is 5.90. The molecule has 0 bridgehead atoms. The molecule has 1 unspecified atom stereocenters. The van der Waals surface area contributed by atoms with E-state index in [0.717, 1.165) is 16.3 Å². The first-order valence-electron chi connectivity index (χ1n) is 6.69. The third-order valence-electron chi connectivity index (χ3n) is 3.25. The van der Waals surface area contributed by atoms with Crippen molar-refractivity contribution in [2.45, 2.75) is 12.5 Å². The van der Waals surface area contributed by atoms with Gasteiger partial charge in [-0.15, -0.1) is 0 Å². The van der Waals surface area contributed by atoms with Crippen LogP contribution in [0.1, 0.15) is 5.56 Å². The Bertz CT molecular complexity index is 578. The maximum absolute atomic E-state index is 12.1. The smallest absolute Gasteiger partial charge is 0.224 e. The summed E-state index contributed by atoms with van der Waals surface area (Å²) in [5, 5.41) is 5.15. The summed E-state index contributed by atoms with van der Waals surface area (Å²) >= 11 is 0. The molecule has 106 valence electrons. The van der Waals surface area contributed by atoms with E-state index in [2.05, 4.69) is 5.32 Å². The number of fused-ring (bicyclic) bond motifs is 1. The first-order valence-corrected chi connectivity index (χ1v) is 6.69. The molecular weight excluding hydrogens is 252 g/mol. The number of ether oxygens (including phenoxy) is 1. The normalized spacial score (nSPS) is 12.3. The van der Waals surface area contributed by atoms with Crippen molar-refractivity contribution in [1.82, 2.24) is 5.32 Å². The molecule has 0 aliphatic heterocycles. The number of benzene rings is 2. The van der Waals surface area contributed by atoms with E-state index in [1.54, 1.807) is 7.11 Å². The van der Waals surface area contributed by atoms with Crippen molar-refractivity contribution < 1.29 is 9.53 Å². The Morgan fingerprint density at radius 3 is 2.75 bits per heavy atom. The predicted octanol–water partition coefficient (Wildman–Crippen LogP) is 1.47. The van der Waals surface area contributed by atoms with Crippen LogP contribution in [-0.4, -0.2) is 32.2 Å². The molecule has 0 heterocycles. The molecule has 0 aliphatic rings. The van der Waals surface area contributed by atoms with Gasteiger partial charge in [-0.2, -0.15) is 0 Å². The molecule has 1 atom stereocenters. The summed E-state index contributed by atoms with van der Waals surface area (Å²) in [7, 11) is 1.60. The van der Waals surface area contributed by atoms with Crippen LogP contribution in [0.3, 0.4) is 0 Å². The topological polar surface area (TPSA) is 64.3 Å². The Kier molecular flexibility index (Phi) is 5.09. The van der Waals surface area contributed by atoms with Gasteiger partial charge in [0.15, 0.2) is 0 Å². The van der Waals surface area contributed by atoms with Gasteiger partial charge in [0, 0.05) is 13.7 Å². The molecule has 2 rings (SSSR count). The number of rotatable bonds is 6. The molecule has 4 heteroatoms. The lowest BCUT2D eigenvalue weighted by molar-refractivity contribution is -0.121. The molecule has 0 aromatic heterocycles. The number of carbonyl (C=O) groups excluding carboxylic acids is 1. The van der Waals surface area contributed by atoms with E-state index < -0.39 is 0 Å². The van der Waals surface area contributed by atoms with Crippen LogP contribution >= 0.6 is 0 Å². The zero-order valence-corrected chi connectivity index (χ0v) is 11.6. The van der Waals surface area contributed by atoms with Gasteiger partial charge in [0.05, 0.1) is 19.1 Å². The fraction of sp³-hybridized carbons (Fsp3) is 0.312. The van der Waals surface area contributed by atoms with Crippen LogP contribution in [0, 0.1) is 0 Å².